The molecule has 0 aliphatic rings. The van der Waals surface area contributed by atoms with E-state index < -0.39 is 12.1 Å². The van der Waals surface area contributed by atoms with Gasteiger partial charge in [-0.25, -0.2) is 4.98 Å². The quantitative estimate of drug-likeness (QED) is 0.103. The Bertz CT molecular complexity index is 1780. The van der Waals surface area contributed by atoms with Gasteiger partial charge in [-0.1, -0.05) is 88.4 Å². The van der Waals surface area contributed by atoms with Crippen LogP contribution in [-0.2, 0) is 32.0 Å². The first-order valence-electron chi connectivity index (χ1n) is 17.0. The van der Waals surface area contributed by atoms with E-state index in [1.165, 1.54) is 0 Å². The highest BCUT2D eigenvalue weighted by molar-refractivity contribution is 5.98. The van der Waals surface area contributed by atoms with Gasteiger partial charge in [0.25, 0.3) is 0 Å². The van der Waals surface area contributed by atoms with Gasteiger partial charge in [-0.2, -0.15) is 0 Å². The van der Waals surface area contributed by atoms with Crippen LogP contribution in [0.2, 0.25) is 0 Å². The molecule has 4 N–H and O–H groups in total. The lowest BCUT2D eigenvalue weighted by atomic mass is 10.0. The summed E-state index contributed by atoms with van der Waals surface area (Å²) in [6, 6.07) is 31.7. The molecule has 0 bridgehead atoms. The van der Waals surface area contributed by atoms with E-state index in [1.54, 1.807) is 42.6 Å². The number of hydrogen-bond acceptors (Lipinski definition) is 6. The number of carbonyl (C=O) groups is 4. The number of oxazole rings is 1. The predicted molar refractivity (Wildman–Crippen MR) is 198 cm³/mol. The van der Waals surface area contributed by atoms with E-state index in [0.29, 0.717) is 28.6 Å². The number of nitrogens with one attached hydrogen (secondary N) is 4. The number of anilines is 2. The van der Waals surface area contributed by atoms with E-state index in [2.05, 4.69) is 26.3 Å². The number of carbonyl (C=O) groups excluding carboxylic acids is 4. The Morgan fingerprint density at radius 3 is 1.39 bits per heavy atom. The second-order valence-corrected chi connectivity index (χ2v) is 13.1. The Morgan fingerprint density at radius 1 is 0.569 bits per heavy atom. The monoisotopic (exact) mass is 685 g/mol. The second kappa shape index (κ2) is 17.1. The number of hydrogen-bond donors (Lipinski definition) is 4. The predicted octanol–water partition coefficient (Wildman–Crippen LogP) is 6.65. The zero-order valence-electron chi connectivity index (χ0n) is 29.2. The summed E-state index contributed by atoms with van der Waals surface area (Å²) in [5.41, 5.74) is 4.39. The van der Waals surface area contributed by atoms with Gasteiger partial charge in [0, 0.05) is 22.5 Å². The third-order valence-corrected chi connectivity index (χ3v) is 8.29. The second-order valence-electron chi connectivity index (χ2n) is 13.1. The highest BCUT2D eigenvalue weighted by Crippen LogP contribution is 2.28. The highest BCUT2D eigenvalue weighted by atomic mass is 16.4. The van der Waals surface area contributed by atoms with Gasteiger partial charge < -0.3 is 25.7 Å². The van der Waals surface area contributed by atoms with Gasteiger partial charge in [-0.3, -0.25) is 19.2 Å². The van der Waals surface area contributed by atoms with Crippen molar-refractivity contribution in [3.05, 3.63) is 127 Å². The van der Waals surface area contributed by atoms with Gasteiger partial charge in [-0.15, -0.1) is 0 Å². The molecule has 10 heteroatoms. The first-order valence-corrected chi connectivity index (χ1v) is 17.0. The van der Waals surface area contributed by atoms with Crippen LogP contribution in [0.15, 0.2) is 120 Å². The molecule has 5 rings (SSSR count). The normalized spacial score (nSPS) is 12.2. The van der Waals surface area contributed by atoms with Crippen molar-refractivity contribution in [2.75, 3.05) is 10.6 Å². The van der Waals surface area contributed by atoms with Crippen LogP contribution in [0.5, 0.6) is 0 Å². The molecule has 5 aromatic rings. The fourth-order valence-corrected chi connectivity index (χ4v) is 5.48. The Labute approximate surface area is 298 Å². The van der Waals surface area contributed by atoms with Gasteiger partial charge in [-0.05, 0) is 71.5 Å². The van der Waals surface area contributed by atoms with E-state index >= 15 is 0 Å². The van der Waals surface area contributed by atoms with E-state index in [4.69, 9.17) is 4.42 Å². The fourth-order valence-electron chi connectivity index (χ4n) is 5.48. The molecule has 1 heterocycles. The summed E-state index contributed by atoms with van der Waals surface area (Å²) in [6.07, 6.45) is 2.02. The summed E-state index contributed by atoms with van der Waals surface area (Å²) < 4.78 is 6.04. The Balaban J connectivity index is 1.15. The molecule has 4 aromatic carbocycles. The molecule has 0 fully saturated rings. The molecule has 51 heavy (non-hydrogen) atoms. The van der Waals surface area contributed by atoms with Gasteiger partial charge in [0.05, 0.1) is 19.0 Å². The Kier molecular flexibility index (Phi) is 12.1. The van der Waals surface area contributed by atoms with Gasteiger partial charge >= 0.3 is 0 Å². The van der Waals surface area contributed by atoms with Crippen molar-refractivity contribution in [3.63, 3.8) is 0 Å². The van der Waals surface area contributed by atoms with Crippen LogP contribution in [0, 0.1) is 11.8 Å². The lowest BCUT2D eigenvalue weighted by Crippen LogP contribution is -2.47. The van der Waals surface area contributed by atoms with Crippen molar-refractivity contribution < 1.29 is 23.6 Å². The van der Waals surface area contributed by atoms with Gasteiger partial charge in [0.2, 0.25) is 29.5 Å². The third kappa shape index (κ3) is 10.2. The summed E-state index contributed by atoms with van der Waals surface area (Å²) >= 11 is 0. The minimum atomic E-state index is -0.697. The van der Waals surface area contributed by atoms with Crippen LogP contribution < -0.4 is 21.3 Å². The molecule has 1 aromatic heterocycles. The topological polar surface area (TPSA) is 142 Å². The maximum absolute atomic E-state index is 13.1. The van der Waals surface area contributed by atoms with Crippen LogP contribution >= 0.6 is 0 Å². The first kappa shape index (κ1) is 36.3. The van der Waals surface area contributed by atoms with E-state index in [1.807, 2.05) is 100 Å². The van der Waals surface area contributed by atoms with E-state index in [9.17, 15) is 19.2 Å². The van der Waals surface area contributed by atoms with Crippen molar-refractivity contribution >= 4 is 35.0 Å². The molecule has 0 saturated carbocycles. The highest BCUT2D eigenvalue weighted by Gasteiger charge is 2.26. The van der Waals surface area contributed by atoms with Crippen molar-refractivity contribution in [1.29, 1.82) is 0 Å². The molecule has 2 unspecified atom stereocenters. The standard InChI is InChI=1S/C41H43N5O5/c1-26(2)37(45-35(47)23-28-11-7-5-8-12-28)39(49)43-32-19-15-30(16-20-32)34-25-42-41(51-34)31-17-21-33(22-18-31)44-40(50)38(27(3)4)46-36(48)24-29-13-9-6-10-14-29/h5-22,25-27,37-38H,23-24H2,1-4H3,(H,43,49)(H,44,50)(H,45,47)(H,46,48). The Hall–Kier alpha value is -6.03. The van der Waals surface area contributed by atoms with Crippen LogP contribution in [-0.4, -0.2) is 40.7 Å². The lowest BCUT2D eigenvalue weighted by Gasteiger charge is -2.22. The molecular formula is C41H43N5O5. The smallest absolute Gasteiger partial charge is 0.247 e. The SMILES string of the molecule is CC(C)C(NC(=O)Cc1ccccc1)C(=O)Nc1ccc(-c2cnc(-c3ccc(NC(=O)C(NC(=O)Cc4ccccc4)C(C)C)cc3)o2)cc1. The molecule has 262 valence electrons. The number of amides is 4. The summed E-state index contributed by atoms with van der Waals surface area (Å²) in [6.45, 7) is 7.55. The molecule has 10 nitrogen and oxygen atoms in total. The molecule has 4 amide bonds. The van der Waals surface area contributed by atoms with Crippen LogP contribution in [0.3, 0.4) is 0 Å². The van der Waals surface area contributed by atoms with Crippen LogP contribution in [0.1, 0.15) is 38.8 Å². The molecular weight excluding hydrogens is 642 g/mol. The molecule has 0 spiro atoms. The zero-order chi connectivity index (χ0) is 36.3. The largest absolute Gasteiger partial charge is 0.436 e. The van der Waals surface area contributed by atoms with Crippen molar-refractivity contribution in [3.8, 4) is 22.8 Å². The maximum Gasteiger partial charge on any atom is 0.247 e. The summed E-state index contributed by atoms with van der Waals surface area (Å²) in [4.78, 5) is 55.9. The number of aromatic nitrogens is 1. The number of rotatable bonds is 14. The summed E-state index contributed by atoms with van der Waals surface area (Å²) in [5.74, 6) is -0.320. The molecule has 0 aliphatic carbocycles. The van der Waals surface area contributed by atoms with E-state index in [0.717, 1.165) is 16.7 Å². The summed E-state index contributed by atoms with van der Waals surface area (Å²) in [7, 11) is 0. The molecule has 0 radical (unpaired) electrons. The number of nitrogens with zero attached hydrogens (tertiary/aromatic N) is 1. The maximum atomic E-state index is 13.1. The zero-order valence-corrected chi connectivity index (χ0v) is 29.2. The average Bonchev–Trinajstić information content (AvgIpc) is 3.61. The van der Waals surface area contributed by atoms with Crippen molar-refractivity contribution in [1.82, 2.24) is 15.6 Å². The Morgan fingerprint density at radius 2 is 0.980 bits per heavy atom. The van der Waals surface area contributed by atoms with Crippen molar-refractivity contribution in [2.45, 2.75) is 52.6 Å². The van der Waals surface area contributed by atoms with Crippen molar-refractivity contribution in [2.24, 2.45) is 11.8 Å². The van der Waals surface area contributed by atoms with E-state index in [-0.39, 0.29) is 48.3 Å². The minimum absolute atomic E-state index is 0.114. The fraction of sp³-hybridized carbons (Fsp3) is 0.244. The first-order chi connectivity index (χ1) is 24.5. The van der Waals surface area contributed by atoms with Gasteiger partial charge in [0.1, 0.15) is 12.1 Å². The number of benzene rings is 4. The molecule has 0 saturated heterocycles. The average molecular weight is 686 g/mol. The molecule has 2 atom stereocenters. The van der Waals surface area contributed by atoms with Crippen LogP contribution in [0.4, 0.5) is 11.4 Å². The van der Waals surface area contributed by atoms with Crippen LogP contribution in [0.25, 0.3) is 22.8 Å². The minimum Gasteiger partial charge on any atom is -0.436 e. The summed E-state index contributed by atoms with van der Waals surface area (Å²) in [5, 5.41) is 11.5. The lowest BCUT2D eigenvalue weighted by molar-refractivity contribution is -0.127. The van der Waals surface area contributed by atoms with Gasteiger partial charge in [0.15, 0.2) is 5.76 Å². The molecule has 0 aliphatic heterocycles. The third-order valence-electron chi connectivity index (χ3n) is 8.29.